The molecule has 0 spiro atoms. The molecule has 0 aliphatic heterocycles. The van der Waals surface area contributed by atoms with E-state index in [-0.39, 0.29) is 5.48 Å². The monoisotopic (exact) mass is 311 g/mol. The first-order chi connectivity index (χ1) is 9.05. The van der Waals surface area contributed by atoms with E-state index in [0.717, 1.165) is 11.0 Å². The summed E-state index contributed by atoms with van der Waals surface area (Å²) in [5.41, 5.74) is 1.30. The molecule has 0 saturated carbocycles. The zero-order valence-corrected chi connectivity index (χ0v) is 12.0. The molecule has 0 unspecified atom stereocenters. The molecule has 0 atom stereocenters. The van der Waals surface area contributed by atoms with Crippen LogP contribution in [0.4, 0.5) is 5.69 Å². The molecule has 2 aromatic rings. The fourth-order valence-corrected chi connectivity index (χ4v) is 2.44. The lowest BCUT2D eigenvalue weighted by Gasteiger charge is -2.04. The van der Waals surface area contributed by atoms with Gasteiger partial charge in [0.15, 0.2) is 0 Å². The highest BCUT2D eigenvalue weighted by Crippen LogP contribution is 2.15. The Hall–Kier alpha value is -1.82. The molecular formula is C14H14ClNO3S. The Bertz CT molecular complexity index is 667. The van der Waals surface area contributed by atoms with Crippen LogP contribution in [0, 0.1) is 0 Å². The minimum absolute atomic E-state index is 0. The lowest BCUT2D eigenvalue weighted by Crippen LogP contribution is -2.08. The molecular weight excluding hydrogens is 298 g/mol. The molecule has 106 valence electrons. The minimum atomic E-state index is -3.52. The molecule has 0 aliphatic rings. The van der Waals surface area contributed by atoms with Gasteiger partial charge in [-0.25, -0.2) is 8.42 Å². The van der Waals surface area contributed by atoms with Gasteiger partial charge in [-0.3, -0.25) is 4.72 Å². The summed E-state index contributed by atoms with van der Waals surface area (Å²) in [5.74, 6) is 0. The number of benzene rings is 2. The molecule has 0 heterocycles. The Morgan fingerprint density at radius 1 is 0.950 bits per heavy atom. The summed E-state index contributed by atoms with van der Waals surface area (Å²) < 4.78 is 26.1. The molecule has 0 aromatic heterocycles. The fourth-order valence-electron chi connectivity index (χ4n) is 1.45. The van der Waals surface area contributed by atoms with Gasteiger partial charge in [0.25, 0.3) is 10.0 Å². The van der Waals surface area contributed by atoms with E-state index in [4.69, 9.17) is 11.6 Å². The third kappa shape index (κ3) is 5.05. The van der Waals surface area contributed by atoms with E-state index >= 15 is 0 Å². The van der Waals surface area contributed by atoms with Gasteiger partial charge in [-0.15, -0.1) is 0 Å². The molecule has 3 N–H and O–H groups in total. The van der Waals surface area contributed by atoms with Crippen LogP contribution in [0.15, 0.2) is 60.0 Å². The Kier molecular flexibility index (Phi) is 5.76. The molecule has 20 heavy (non-hydrogen) atoms. The third-order valence-electron chi connectivity index (χ3n) is 2.34. The summed E-state index contributed by atoms with van der Waals surface area (Å²) in [4.78, 5) is 0. The Morgan fingerprint density at radius 3 is 2.15 bits per heavy atom. The number of hydrogen-bond acceptors (Lipinski definition) is 2. The Balaban J connectivity index is 0.00000200. The zero-order valence-electron chi connectivity index (χ0n) is 10.5. The van der Waals surface area contributed by atoms with Crippen LogP contribution in [-0.4, -0.2) is 13.9 Å². The van der Waals surface area contributed by atoms with Crippen molar-refractivity contribution in [2.75, 3.05) is 4.72 Å². The highest BCUT2D eigenvalue weighted by Gasteiger charge is 2.05. The average Bonchev–Trinajstić information content (AvgIpc) is 2.40. The molecule has 0 saturated heterocycles. The molecule has 0 bridgehead atoms. The predicted octanol–water partition coefficient (Wildman–Crippen LogP) is 2.93. The summed E-state index contributed by atoms with van der Waals surface area (Å²) in [6.07, 6.45) is 1.54. The Labute approximate surface area is 123 Å². The van der Waals surface area contributed by atoms with Crippen molar-refractivity contribution < 1.29 is 13.9 Å². The molecule has 2 aromatic carbocycles. The van der Waals surface area contributed by atoms with Crippen molar-refractivity contribution >= 4 is 33.4 Å². The number of rotatable bonds is 4. The Morgan fingerprint density at radius 2 is 1.55 bits per heavy atom. The van der Waals surface area contributed by atoms with Gasteiger partial charge < -0.3 is 5.48 Å². The van der Waals surface area contributed by atoms with Crippen LogP contribution in [0.1, 0.15) is 5.56 Å². The second kappa shape index (κ2) is 7.09. The molecule has 0 radical (unpaired) electrons. The van der Waals surface area contributed by atoms with Crippen molar-refractivity contribution in [3.8, 4) is 0 Å². The van der Waals surface area contributed by atoms with Crippen molar-refractivity contribution in [2.45, 2.75) is 0 Å². The van der Waals surface area contributed by atoms with E-state index in [1.165, 1.54) is 6.08 Å². The first-order valence-electron chi connectivity index (χ1n) is 5.57. The standard InChI is InChI=1S/C14H12ClNO2S.H2O/c15-13-6-8-14(9-7-13)16-19(17,18)11-10-12-4-2-1-3-5-12;/h1-11,16H;1H2/b11-10+;. The van der Waals surface area contributed by atoms with E-state index in [9.17, 15) is 8.42 Å². The van der Waals surface area contributed by atoms with Gasteiger partial charge in [-0.2, -0.15) is 0 Å². The fraction of sp³-hybridized carbons (Fsp3) is 0. The second-order valence-corrected chi connectivity index (χ2v) is 5.87. The van der Waals surface area contributed by atoms with Crippen LogP contribution in [0.25, 0.3) is 6.08 Å². The molecule has 4 nitrogen and oxygen atoms in total. The third-order valence-corrected chi connectivity index (χ3v) is 3.61. The quantitative estimate of drug-likeness (QED) is 0.942. The van der Waals surface area contributed by atoms with Crippen LogP contribution in [-0.2, 0) is 10.0 Å². The largest absolute Gasteiger partial charge is 0.412 e. The normalized spacial score (nSPS) is 11.1. The first kappa shape index (κ1) is 16.2. The minimum Gasteiger partial charge on any atom is -0.412 e. The van der Waals surface area contributed by atoms with Crippen LogP contribution < -0.4 is 4.72 Å². The maximum Gasteiger partial charge on any atom is 0.255 e. The molecule has 6 heteroatoms. The van der Waals surface area contributed by atoms with Gasteiger partial charge >= 0.3 is 0 Å². The highest BCUT2D eigenvalue weighted by atomic mass is 35.5. The van der Waals surface area contributed by atoms with Crippen molar-refractivity contribution in [3.63, 3.8) is 0 Å². The van der Waals surface area contributed by atoms with Gasteiger partial charge in [0.1, 0.15) is 0 Å². The highest BCUT2D eigenvalue weighted by molar-refractivity contribution is 7.95. The van der Waals surface area contributed by atoms with Crippen LogP contribution in [0.3, 0.4) is 0 Å². The molecule has 0 amide bonds. The summed E-state index contributed by atoms with van der Waals surface area (Å²) in [7, 11) is -3.52. The first-order valence-corrected chi connectivity index (χ1v) is 7.49. The van der Waals surface area contributed by atoms with E-state index in [2.05, 4.69) is 4.72 Å². The lowest BCUT2D eigenvalue weighted by atomic mass is 10.2. The summed E-state index contributed by atoms with van der Waals surface area (Å²) in [6, 6.07) is 15.7. The van der Waals surface area contributed by atoms with E-state index < -0.39 is 10.0 Å². The number of nitrogens with one attached hydrogen (secondary N) is 1. The van der Waals surface area contributed by atoms with E-state index in [1.54, 1.807) is 24.3 Å². The van der Waals surface area contributed by atoms with Crippen LogP contribution in [0.5, 0.6) is 0 Å². The number of halogens is 1. The number of anilines is 1. The molecule has 0 fully saturated rings. The van der Waals surface area contributed by atoms with Gasteiger partial charge in [-0.1, -0.05) is 41.9 Å². The van der Waals surface area contributed by atoms with Gasteiger partial charge in [-0.05, 0) is 35.9 Å². The number of hydrogen-bond donors (Lipinski definition) is 1. The van der Waals surface area contributed by atoms with E-state index in [0.29, 0.717) is 10.7 Å². The van der Waals surface area contributed by atoms with Crippen LogP contribution in [0.2, 0.25) is 5.02 Å². The van der Waals surface area contributed by atoms with Crippen molar-refractivity contribution in [3.05, 3.63) is 70.6 Å². The van der Waals surface area contributed by atoms with Crippen molar-refractivity contribution in [1.29, 1.82) is 0 Å². The molecule has 2 rings (SSSR count). The van der Waals surface area contributed by atoms with Gasteiger partial charge in [0, 0.05) is 10.7 Å². The smallest absolute Gasteiger partial charge is 0.255 e. The van der Waals surface area contributed by atoms with Crippen LogP contribution >= 0.6 is 11.6 Å². The van der Waals surface area contributed by atoms with Crippen molar-refractivity contribution in [2.24, 2.45) is 0 Å². The lowest BCUT2D eigenvalue weighted by molar-refractivity contribution is 0.609. The predicted molar refractivity (Wildman–Crippen MR) is 83.1 cm³/mol. The summed E-state index contributed by atoms with van der Waals surface area (Å²) in [5, 5.41) is 1.69. The van der Waals surface area contributed by atoms with Gasteiger partial charge in [0.2, 0.25) is 0 Å². The zero-order chi connectivity index (χ0) is 13.7. The van der Waals surface area contributed by atoms with Crippen molar-refractivity contribution in [1.82, 2.24) is 0 Å². The summed E-state index contributed by atoms with van der Waals surface area (Å²) >= 11 is 5.73. The molecule has 0 aliphatic carbocycles. The van der Waals surface area contributed by atoms with Gasteiger partial charge in [0.05, 0.1) is 5.41 Å². The maximum absolute atomic E-state index is 11.8. The topological polar surface area (TPSA) is 77.7 Å². The van der Waals surface area contributed by atoms with E-state index in [1.807, 2.05) is 30.3 Å². The summed E-state index contributed by atoms with van der Waals surface area (Å²) in [6.45, 7) is 0. The number of sulfonamides is 1. The average molecular weight is 312 g/mol. The SMILES string of the molecule is O.O=S(=O)(/C=C/c1ccccc1)Nc1ccc(Cl)cc1. The maximum atomic E-state index is 11.8. The second-order valence-electron chi connectivity index (χ2n) is 3.87.